The van der Waals surface area contributed by atoms with Crippen LogP contribution >= 0.6 is 11.6 Å². The molecule has 1 aromatic heterocycles. The van der Waals surface area contributed by atoms with E-state index in [1.165, 1.54) is 13.2 Å². The number of hydrogen-bond acceptors (Lipinski definition) is 5. The molecule has 0 radical (unpaired) electrons. The van der Waals surface area contributed by atoms with Gasteiger partial charge in [0.25, 0.3) is 0 Å². The standard InChI is InChI=1S/C17H13ClF3N3O2/c1-25-14-5-3-2-4-11(14)16-23-15(26-24-16)9-22-13-7-6-10(8-12(13)18)17(19,20)21/h2-8,22H,9H2,1H3. The number of nitrogens with zero attached hydrogens (tertiary/aromatic N) is 2. The smallest absolute Gasteiger partial charge is 0.416 e. The Kier molecular flexibility index (Phi) is 5.03. The number of para-hydroxylation sites is 1. The fraction of sp³-hybridized carbons (Fsp3) is 0.176. The topological polar surface area (TPSA) is 60.2 Å². The third-order valence-electron chi connectivity index (χ3n) is 3.54. The maximum absolute atomic E-state index is 12.7. The average Bonchev–Trinajstić information content (AvgIpc) is 3.08. The molecule has 0 aliphatic carbocycles. The SMILES string of the molecule is COc1ccccc1-c1noc(CNc2ccc(C(F)(F)F)cc2Cl)n1. The molecule has 5 nitrogen and oxygen atoms in total. The van der Waals surface area contributed by atoms with Crippen molar-refractivity contribution >= 4 is 17.3 Å². The summed E-state index contributed by atoms with van der Waals surface area (Å²) >= 11 is 5.90. The summed E-state index contributed by atoms with van der Waals surface area (Å²) in [4.78, 5) is 4.25. The van der Waals surface area contributed by atoms with Crippen LogP contribution in [0.5, 0.6) is 5.75 Å². The van der Waals surface area contributed by atoms with E-state index < -0.39 is 11.7 Å². The lowest BCUT2D eigenvalue weighted by molar-refractivity contribution is -0.137. The van der Waals surface area contributed by atoms with Crippen LogP contribution in [-0.4, -0.2) is 17.3 Å². The second-order valence-corrected chi connectivity index (χ2v) is 5.67. The van der Waals surface area contributed by atoms with Gasteiger partial charge in [-0.25, -0.2) is 0 Å². The van der Waals surface area contributed by atoms with Crippen molar-refractivity contribution in [1.29, 1.82) is 0 Å². The Morgan fingerprint density at radius 1 is 1.19 bits per heavy atom. The van der Waals surface area contributed by atoms with Crippen LogP contribution in [0.1, 0.15) is 11.5 Å². The molecule has 2 aromatic carbocycles. The van der Waals surface area contributed by atoms with Gasteiger partial charge in [0, 0.05) is 0 Å². The van der Waals surface area contributed by atoms with Crippen molar-refractivity contribution in [3.63, 3.8) is 0 Å². The Morgan fingerprint density at radius 2 is 1.96 bits per heavy atom. The summed E-state index contributed by atoms with van der Waals surface area (Å²) in [7, 11) is 1.54. The number of halogens is 4. The number of aromatic nitrogens is 2. The van der Waals surface area contributed by atoms with E-state index >= 15 is 0 Å². The van der Waals surface area contributed by atoms with Gasteiger partial charge in [-0.15, -0.1) is 0 Å². The number of hydrogen-bond donors (Lipinski definition) is 1. The average molecular weight is 384 g/mol. The second kappa shape index (κ2) is 7.25. The van der Waals surface area contributed by atoms with E-state index in [1.54, 1.807) is 12.1 Å². The van der Waals surface area contributed by atoms with Crippen LogP contribution in [0.15, 0.2) is 47.0 Å². The fourth-order valence-electron chi connectivity index (χ4n) is 2.27. The van der Waals surface area contributed by atoms with Crippen molar-refractivity contribution in [2.24, 2.45) is 0 Å². The molecule has 0 fully saturated rings. The molecule has 136 valence electrons. The molecule has 0 spiro atoms. The van der Waals surface area contributed by atoms with Gasteiger partial charge >= 0.3 is 6.18 Å². The predicted molar refractivity (Wildman–Crippen MR) is 90.1 cm³/mol. The van der Waals surface area contributed by atoms with Gasteiger partial charge in [0.15, 0.2) is 0 Å². The van der Waals surface area contributed by atoms with E-state index in [4.69, 9.17) is 20.9 Å². The normalized spacial score (nSPS) is 11.4. The summed E-state index contributed by atoms with van der Waals surface area (Å²) in [5.41, 5.74) is 0.179. The van der Waals surface area contributed by atoms with E-state index in [2.05, 4.69) is 15.5 Å². The number of methoxy groups -OCH3 is 1. The molecule has 3 rings (SSSR count). The van der Waals surface area contributed by atoms with Crippen LogP contribution in [0.3, 0.4) is 0 Å². The van der Waals surface area contributed by atoms with Gasteiger partial charge in [0.2, 0.25) is 11.7 Å². The van der Waals surface area contributed by atoms with Crippen LogP contribution in [0, 0.1) is 0 Å². The van der Waals surface area contributed by atoms with Crippen molar-refractivity contribution in [2.45, 2.75) is 12.7 Å². The number of alkyl halides is 3. The maximum Gasteiger partial charge on any atom is 0.416 e. The Hall–Kier alpha value is -2.74. The minimum atomic E-state index is -4.45. The number of ether oxygens (including phenoxy) is 1. The third kappa shape index (κ3) is 3.91. The van der Waals surface area contributed by atoms with Crippen LogP contribution in [0.25, 0.3) is 11.4 Å². The van der Waals surface area contributed by atoms with Gasteiger partial charge < -0.3 is 14.6 Å². The molecule has 1 heterocycles. The van der Waals surface area contributed by atoms with Crippen molar-refractivity contribution in [3.8, 4) is 17.1 Å². The molecule has 0 saturated carbocycles. The molecule has 26 heavy (non-hydrogen) atoms. The molecule has 1 N–H and O–H groups in total. The lowest BCUT2D eigenvalue weighted by Gasteiger charge is -2.10. The zero-order valence-corrected chi connectivity index (χ0v) is 14.2. The summed E-state index contributed by atoms with van der Waals surface area (Å²) in [5.74, 6) is 1.19. The van der Waals surface area contributed by atoms with Crippen LogP contribution in [0.2, 0.25) is 5.02 Å². The molecule has 0 saturated heterocycles. The lowest BCUT2D eigenvalue weighted by atomic mass is 10.2. The lowest BCUT2D eigenvalue weighted by Crippen LogP contribution is -2.06. The number of nitrogens with one attached hydrogen (secondary N) is 1. The first-order valence-electron chi connectivity index (χ1n) is 7.45. The van der Waals surface area contributed by atoms with E-state index in [0.717, 1.165) is 12.1 Å². The summed E-state index contributed by atoms with van der Waals surface area (Å²) in [6, 6.07) is 10.2. The molecular formula is C17H13ClF3N3O2. The van der Waals surface area contributed by atoms with Gasteiger partial charge in [-0.2, -0.15) is 18.2 Å². The summed E-state index contributed by atoms with van der Waals surface area (Å²) in [5, 5.41) is 6.71. The molecule has 9 heteroatoms. The monoisotopic (exact) mass is 383 g/mol. The van der Waals surface area contributed by atoms with Crippen LogP contribution in [0.4, 0.5) is 18.9 Å². The quantitative estimate of drug-likeness (QED) is 0.669. The van der Waals surface area contributed by atoms with Gasteiger partial charge in [0.1, 0.15) is 5.75 Å². The van der Waals surface area contributed by atoms with Crippen molar-refractivity contribution in [2.75, 3.05) is 12.4 Å². The fourth-order valence-corrected chi connectivity index (χ4v) is 2.52. The number of rotatable bonds is 5. The first-order chi connectivity index (χ1) is 12.4. The number of benzene rings is 2. The van der Waals surface area contributed by atoms with Crippen molar-refractivity contribution in [3.05, 3.63) is 58.9 Å². The van der Waals surface area contributed by atoms with Gasteiger partial charge in [-0.1, -0.05) is 28.9 Å². The van der Waals surface area contributed by atoms with Crippen molar-refractivity contribution in [1.82, 2.24) is 10.1 Å². The van der Waals surface area contributed by atoms with Crippen LogP contribution in [-0.2, 0) is 12.7 Å². The summed E-state index contributed by atoms with van der Waals surface area (Å²) < 4.78 is 48.4. The zero-order chi connectivity index (χ0) is 18.7. The molecule has 0 atom stereocenters. The third-order valence-corrected chi connectivity index (χ3v) is 3.86. The largest absolute Gasteiger partial charge is 0.496 e. The Bertz CT molecular complexity index is 912. The second-order valence-electron chi connectivity index (χ2n) is 5.26. The van der Waals surface area contributed by atoms with Crippen LogP contribution < -0.4 is 10.1 Å². The predicted octanol–water partition coefficient (Wildman–Crippen LogP) is 5.03. The highest BCUT2D eigenvalue weighted by Gasteiger charge is 2.30. The number of anilines is 1. The molecule has 0 amide bonds. The van der Waals surface area contributed by atoms with E-state index in [0.29, 0.717) is 22.8 Å². The van der Waals surface area contributed by atoms with Gasteiger partial charge in [-0.05, 0) is 30.3 Å². The minimum Gasteiger partial charge on any atom is -0.496 e. The Morgan fingerprint density at radius 3 is 2.65 bits per heavy atom. The van der Waals surface area contributed by atoms with Crippen molar-refractivity contribution < 1.29 is 22.4 Å². The maximum atomic E-state index is 12.7. The van der Waals surface area contributed by atoms with Gasteiger partial charge in [-0.3, -0.25) is 0 Å². The molecule has 0 bridgehead atoms. The summed E-state index contributed by atoms with van der Waals surface area (Å²) in [6.07, 6.45) is -4.45. The first-order valence-corrected chi connectivity index (χ1v) is 7.83. The van der Waals surface area contributed by atoms with E-state index in [-0.39, 0.29) is 17.5 Å². The van der Waals surface area contributed by atoms with E-state index in [1.807, 2.05) is 12.1 Å². The minimum absolute atomic E-state index is 0.0516. The molecule has 0 aliphatic heterocycles. The highest BCUT2D eigenvalue weighted by atomic mass is 35.5. The highest BCUT2D eigenvalue weighted by molar-refractivity contribution is 6.33. The highest BCUT2D eigenvalue weighted by Crippen LogP contribution is 2.34. The molecule has 3 aromatic rings. The Balaban J connectivity index is 1.73. The summed E-state index contributed by atoms with van der Waals surface area (Å²) in [6.45, 7) is 0.104. The molecular weight excluding hydrogens is 371 g/mol. The van der Waals surface area contributed by atoms with E-state index in [9.17, 15) is 13.2 Å². The molecule has 0 aliphatic rings. The Labute approximate surface area is 151 Å². The van der Waals surface area contributed by atoms with Gasteiger partial charge in [0.05, 0.1) is 35.5 Å². The molecule has 0 unspecified atom stereocenters. The first kappa shape index (κ1) is 18.1. The zero-order valence-electron chi connectivity index (χ0n) is 13.5.